The molecule has 0 fully saturated rings. The highest BCUT2D eigenvalue weighted by Gasteiger charge is 2.22. The minimum Gasteiger partial charge on any atom is -0.465 e. The molecule has 0 spiro atoms. The fourth-order valence-corrected chi connectivity index (χ4v) is 5.21. The summed E-state index contributed by atoms with van der Waals surface area (Å²) in [7, 11) is 1.27. The highest BCUT2D eigenvalue weighted by Crippen LogP contribution is 2.36. The van der Waals surface area contributed by atoms with E-state index in [2.05, 4.69) is 15.4 Å². The zero-order valence-corrected chi connectivity index (χ0v) is 17.6. The van der Waals surface area contributed by atoms with Crippen LogP contribution in [-0.2, 0) is 28.9 Å². The van der Waals surface area contributed by atoms with Crippen LogP contribution in [0.1, 0.15) is 33.6 Å². The summed E-state index contributed by atoms with van der Waals surface area (Å²) >= 11 is 1.65. The van der Waals surface area contributed by atoms with Crippen LogP contribution in [0.5, 0.6) is 0 Å². The molecular weight excluding hydrogens is 418 g/mol. The molecule has 4 aromatic rings. The molecule has 0 bridgehead atoms. The summed E-state index contributed by atoms with van der Waals surface area (Å²) in [5, 5.41) is 8.03. The fraction of sp³-hybridized carbons (Fsp3) is 0.286. The van der Waals surface area contributed by atoms with Crippen LogP contribution in [0.15, 0.2) is 35.4 Å². The number of hydrogen-bond donors (Lipinski definition) is 1. The zero-order chi connectivity index (χ0) is 21.5. The Morgan fingerprint density at radius 3 is 2.87 bits per heavy atom. The van der Waals surface area contributed by atoms with E-state index in [1.54, 1.807) is 35.6 Å². The summed E-state index contributed by atoms with van der Waals surface area (Å²) in [5.41, 5.74) is 1.86. The molecule has 0 saturated heterocycles. The first-order valence-electron chi connectivity index (χ1n) is 9.92. The van der Waals surface area contributed by atoms with Gasteiger partial charge in [0, 0.05) is 4.88 Å². The van der Waals surface area contributed by atoms with Crippen molar-refractivity contribution in [3.63, 3.8) is 0 Å². The van der Waals surface area contributed by atoms with Gasteiger partial charge in [0.25, 0.3) is 0 Å². The number of aromatic nitrogens is 4. The van der Waals surface area contributed by atoms with Crippen LogP contribution < -0.4 is 11.0 Å². The number of amides is 1. The molecule has 10 heteroatoms. The number of hydrogen-bond acceptors (Lipinski definition) is 7. The maximum absolute atomic E-state index is 12.8. The van der Waals surface area contributed by atoms with Gasteiger partial charge in [-0.2, -0.15) is 0 Å². The SMILES string of the molecule is COC(=O)c1ccccc1NC(=O)Cn1nc2c3c4c(sc3ncn2c1=O)CCCC4. The Hall–Kier alpha value is -3.53. The average Bonchev–Trinajstić information content (AvgIpc) is 3.31. The zero-order valence-electron chi connectivity index (χ0n) is 16.8. The summed E-state index contributed by atoms with van der Waals surface area (Å²) in [4.78, 5) is 44.0. The molecule has 3 aromatic heterocycles. The number of rotatable bonds is 4. The van der Waals surface area contributed by atoms with Gasteiger partial charge < -0.3 is 10.1 Å². The van der Waals surface area contributed by atoms with Crippen LogP contribution >= 0.6 is 11.3 Å². The highest BCUT2D eigenvalue weighted by molar-refractivity contribution is 7.19. The summed E-state index contributed by atoms with van der Waals surface area (Å²) in [6.45, 7) is -0.288. The van der Waals surface area contributed by atoms with Gasteiger partial charge in [-0.3, -0.25) is 4.79 Å². The number of nitrogens with zero attached hydrogens (tertiary/aromatic N) is 4. The lowest BCUT2D eigenvalue weighted by Crippen LogP contribution is -2.28. The standard InChI is InChI=1S/C21H19N5O4S/c1-30-20(28)12-6-2-4-8-14(12)23-16(27)10-26-21(29)25-11-22-19-17(18(25)24-26)13-7-3-5-9-15(13)31-19/h2,4,6,8,11H,3,5,7,9-10H2,1H3,(H,23,27). The van der Waals surface area contributed by atoms with Crippen molar-refractivity contribution in [1.29, 1.82) is 0 Å². The molecule has 1 aliphatic carbocycles. The van der Waals surface area contributed by atoms with Crippen LogP contribution in [0.2, 0.25) is 0 Å². The Balaban J connectivity index is 1.49. The quantitative estimate of drug-likeness (QED) is 0.491. The number of ether oxygens (including phenoxy) is 1. The summed E-state index contributed by atoms with van der Waals surface area (Å²) < 4.78 is 7.26. The Morgan fingerprint density at radius 2 is 2.03 bits per heavy atom. The van der Waals surface area contributed by atoms with Gasteiger partial charge in [0.05, 0.1) is 23.7 Å². The molecule has 1 aromatic carbocycles. The van der Waals surface area contributed by atoms with Crippen molar-refractivity contribution < 1.29 is 14.3 Å². The van der Waals surface area contributed by atoms with Gasteiger partial charge in [0.2, 0.25) is 5.91 Å². The number of thiophene rings is 1. The van der Waals surface area contributed by atoms with E-state index < -0.39 is 17.6 Å². The van der Waals surface area contributed by atoms with E-state index in [4.69, 9.17) is 4.74 Å². The normalized spacial score (nSPS) is 13.3. The molecule has 3 heterocycles. The number of methoxy groups -OCH3 is 1. The largest absolute Gasteiger partial charge is 0.465 e. The van der Waals surface area contributed by atoms with Crippen molar-refractivity contribution >= 4 is 44.8 Å². The molecule has 1 aliphatic rings. The second-order valence-corrected chi connectivity index (χ2v) is 8.44. The van der Waals surface area contributed by atoms with Gasteiger partial charge in [-0.1, -0.05) is 12.1 Å². The lowest BCUT2D eigenvalue weighted by molar-refractivity contribution is -0.117. The molecule has 0 unspecified atom stereocenters. The van der Waals surface area contributed by atoms with E-state index in [1.807, 2.05) is 0 Å². The van der Waals surface area contributed by atoms with Gasteiger partial charge in [0.15, 0.2) is 5.65 Å². The van der Waals surface area contributed by atoms with Crippen LogP contribution in [0, 0.1) is 0 Å². The minimum atomic E-state index is -0.559. The molecule has 9 nitrogen and oxygen atoms in total. The Bertz CT molecular complexity index is 1400. The van der Waals surface area contributed by atoms with Crippen molar-refractivity contribution in [2.24, 2.45) is 0 Å². The van der Waals surface area contributed by atoms with Crippen molar-refractivity contribution in [3.05, 3.63) is 57.1 Å². The van der Waals surface area contributed by atoms with Crippen LogP contribution in [0.4, 0.5) is 5.69 Å². The van der Waals surface area contributed by atoms with Gasteiger partial charge in [0.1, 0.15) is 17.7 Å². The molecule has 1 amide bonds. The molecule has 0 saturated carbocycles. The molecule has 1 N–H and O–H groups in total. The smallest absolute Gasteiger partial charge is 0.352 e. The Morgan fingerprint density at radius 1 is 1.23 bits per heavy atom. The van der Waals surface area contributed by atoms with Crippen LogP contribution in [-0.4, -0.2) is 38.2 Å². The topological polar surface area (TPSA) is 108 Å². The van der Waals surface area contributed by atoms with E-state index in [0.717, 1.165) is 40.6 Å². The van der Waals surface area contributed by atoms with Gasteiger partial charge in [-0.25, -0.2) is 23.7 Å². The number of para-hydroxylation sites is 1. The number of anilines is 1. The van der Waals surface area contributed by atoms with Gasteiger partial charge in [-0.15, -0.1) is 16.4 Å². The summed E-state index contributed by atoms with van der Waals surface area (Å²) in [5.74, 6) is -1.03. The fourth-order valence-electron chi connectivity index (χ4n) is 3.99. The van der Waals surface area contributed by atoms with Crippen molar-refractivity contribution in [2.75, 3.05) is 12.4 Å². The predicted octanol–water partition coefficient (Wildman–Crippen LogP) is 2.41. The third-order valence-corrected chi connectivity index (χ3v) is 6.64. The second kappa shape index (κ2) is 7.62. The van der Waals surface area contributed by atoms with E-state index in [-0.39, 0.29) is 12.1 Å². The molecule has 0 radical (unpaired) electrons. The highest BCUT2D eigenvalue weighted by atomic mass is 32.1. The van der Waals surface area contributed by atoms with E-state index >= 15 is 0 Å². The van der Waals surface area contributed by atoms with Crippen LogP contribution in [0.3, 0.4) is 0 Å². The number of esters is 1. The number of carbonyl (C=O) groups is 2. The number of carbonyl (C=O) groups excluding carboxylic acids is 2. The van der Waals surface area contributed by atoms with E-state index in [9.17, 15) is 14.4 Å². The van der Waals surface area contributed by atoms with Crippen molar-refractivity contribution in [2.45, 2.75) is 32.2 Å². The Labute approximate surface area is 180 Å². The van der Waals surface area contributed by atoms with Crippen molar-refractivity contribution in [3.8, 4) is 0 Å². The lowest BCUT2D eigenvalue weighted by atomic mass is 9.97. The van der Waals surface area contributed by atoms with E-state index in [1.165, 1.54) is 28.3 Å². The third kappa shape index (κ3) is 3.28. The van der Waals surface area contributed by atoms with Gasteiger partial charge >= 0.3 is 11.7 Å². The first-order valence-corrected chi connectivity index (χ1v) is 10.7. The van der Waals surface area contributed by atoms with Crippen LogP contribution in [0.25, 0.3) is 15.9 Å². The molecule has 0 aliphatic heterocycles. The maximum Gasteiger partial charge on any atom is 0.352 e. The van der Waals surface area contributed by atoms with Gasteiger partial charge in [-0.05, 0) is 43.4 Å². The average molecular weight is 437 g/mol. The Kier molecular flexibility index (Phi) is 4.78. The predicted molar refractivity (Wildman–Crippen MR) is 116 cm³/mol. The molecular formula is C21H19N5O4S. The number of nitrogens with one attached hydrogen (secondary N) is 1. The summed E-state index contributed by atoms with van der Waals surface area (Å²) in [6.07, 6.45) is 5.70. The minimum absolute atomic E-state index is 0.233. The molecule has 0 atom stereocenters. The molecule has 31 heavy (non-hydrogen) atoms. The number of fused-ring (bicyclic) bond motifs is 5. The summed E-state index contributed by atoms with van der Waals surface area (Å²) in [6, 6.07) is 6.53. The van der Waals surface area contributed by atoms with E-state index in [0.29, 0.717) is 11.3 Å². The molecule has 158 valence electrons. The first-order chi connectivity index (χ1) is 15.1. The number of aryl methyl sites for hydroxylation is 2. The molecule has 5 rings (SSSR count). The first kappa shape index (κ1) is 19.4. The lowest BCUT2D eigenvalue weighted by Gasteiger charge is -2.10. The second-order valence-electron chi connectivity index (χ2n) is 7.35. The van der Waals surface area contributed by atoms with Crippen molar-refractivity contribution in [1.82, 2.24) is 19.2 Å². The maximum atomic E-state index is 12.8. The third-order valence-electron chi connectivity index (χ3n) is 5.44. The monoisotopic (exact) mass is 437 g/mol. The number of benzene rings is 1.